The Kier molecular flexibility index (Phi) is 5.58. The first kappa shape index (κ1) is 14.3. The summed E-state index contributed by atoms with van der Waals surface area (Å²) in [5, 5.41) is 12.1. The predicted molar refractivity (Wildman–Crippen MR) is 68.4 cm³/mol. The highest BCUT2D eigenvalue weighted by Gasteiger charge is 2.23. The van der Waals surface area contributed by atoms with Crippen LogP contribution in [0.15, 0.2) is 0 Å². The monoisotopic (exact) mass is 267 g/mol. The molecule has 2 fully saturated rings. The van der Waals surface area contributed by atoms with Gasteiger partial charge in [-0.25, -0.2) is 0 Å². The van der Waals surface area contributed by atoms with E-state index in [1.165, 1.54) is 0 Å². The number of carbonyl (C=O) groups excluding carboxylic acids is 1. The van der Waals surface area contributed by atoms with E-state index >= 15 is 0 Å². The van der Waals surface area contributed by atoms with Gasteiger partial charge in [0.25, 0.3) is 0 Å². The number of ether oxygens (including phenoxy) is 2. The Morgan fingerprint density at radius 2 is 2.26 bits per heavy atom. The van der Waals surface area contributed by atoms with Crippen LogP contribution in [0, 0.1) is 11.3 Å². The Bertz CT molecular complexity index is 337. The molecule has 0 radical (unpaired) electrons. The largest absolute Gasteiger partial charge is 0.378 e. The SMILES string of the molecule is N#CC1CN(C(=O)CCOC2CCNCC2)CCO1. The maximum Gasteiger partial charge on any atom is 0.225 e. The minimum absolute atomic E-state index is 0.0532. The number of morpholine rings is 1. The Hall–Kier alpha value is -1.16. The van der Waals surface area contributed by atoms with E-state index in [9.17, 15) is 4.79 Å². The lowest BCUT2D eigenvalue weighted by atomic mass is 10.1. The number of carbonyl (C=O) groups is 1. The van der Waals surface area contributed by atoms with Crippen LogP contribution in [0.3, 0.4) is 0 Å². The van der Waals surface area contributed by atoms with E-state index in [1.807, 2.05) is 6.07 Å². The van der Waals surface area contributed by atoms with Gasteiger partial charge in [-0.3, -0.25) is 4.79 Å². The number of rotatable bonds is 4. The molecule has 0 aliphatic carbocycles. The fraction of sp³-hybridized carbons (Fsp3) is 0.846. The Morgan fingerprint density at radius 1 is 1.47 bits per heavy atom. The van der Waals surface area contributed by atoms with Gasteiger partial charge in [0, 0.05) is 6.54 Å². The van der Waals surface area contributed by atoms with Gasteiger partial charge in [-0.05, 0) is 25.9 Å². The lowest BCUT2D eigenvalue weighted by molar-refractivity contribution is -0.138. The first-order valence-electron chi connectivity index (χ1n) is 6.91. The van der Waals surface area contributed by atoms with Crippen molar-refractivity contribution in [2.24, 2.45) is 0 Å². The number of hydrogen-bond acceptors (Lipinski definition) is 5. The molecule has 1 atom stereocenters. The lowest BCUT2D eigenvalue weighted by Crippen LogP contribution is -2.45. The van der Waals surface area contributed by atoms with E-state index in [4.69, 9.17) is 14.7 Å². The van der Waals surface area contributed by atoms with Crippen molar-refractivity contribution in [2.75, 3.05) is 39.4 Å². The number of hydrogen-bond donors (Lipinski definition) is 1. The summed E-state index contributed by atoms with van der Waals surface area (Å²) >= 11 is 0. The first-order valence-corrected chi connectivity index (χ1v) is 6.91. The number of nitrogens with one attached hydrogen (secondary N) is 1. The number of nitrogens with zero attached hydrogens (tertiary/aromatic N) is 2. The number of amides is 1. The van der Waals surface area contributed by atoms with Gasteiger partial charge < -0.3 is 19.7 Å². The van der Waals surface area contributed by atoms with Gasteiger partial charge in [-0.2, -0.15) is 5.26 Å². The van der Waals surface area contributed by atoms with Crippen LogP contribution in [0.5, 0.6) is 0 Å². The molecule has 6 nitrogen and oxygen atoms in total. The van der Waals surface area contributed by atoms with Crippen molar-refractivity contribution in [3.8, 4) is 6.07 Å². The van der Waals surface area contributed by atoms with Crippen LogP contribution in [0.4, 0.5) is 0 Å². The van der Waals surface area contributed by atoms with Gasteiger partial charge >= 0.3 is 0 Å². The van der Waals surface area contributed by atoms with Crippen molar-refractivity contribution < 1.29 is 14.3 Å². The van der Waals surface area contributed by atoms with Gasteiger partial charge in [0.15, 0.2) is 6.10 Å². The second-order valence-electron chi connectivity index (χ2n) is 4.90. The highest BCUT2D eigenvalue weighted by molar-refractivity contribution is 5.76. The van der Waals surface area contributed by atoms with Crippen molar-refractivity contribution in [1.82, 2.24) is 10.2 Å². The minimum atomic E-state index is -0.483. The third-order valence-electron chi connectivity index (χ3n) is 3.52. The fourth-order valence-electron chi connectivity index (χ4n) is 2.39. The third kappa shape index (κ3) is 4.46. The molecule has 19 heavy (non-hydrogen) atoms. The first-order chi connectivity index (χ1) is 9.29. The smallest absolute Gasteiger partial charge is 0.225 e. The maximum absolute atomic E-state index is 12.0. The summed E-state index contributed by atoms with van der Waals surface area (Å²) in [4.78, 5) is 13.7. The molecule has 0 bridgehead atoms. The van der Waals surface area contributed by atoms with Crippen molar-refractivity contribution in [3.05, 3.63) is 0 Å². The van der Waals surface area contributed by atoms with E-state index in [-0.39, 0.29) is 12.0 Å². The summed E-state index contributed by atoms with van der Waals surface area (Å²) in [6.45, 7) is 3.85. The van der Waals surface area contributed by atoms with Crippen LogP contribution in [0.2, 0.25) is 0 Å². The van der Waals surface area contributed by atoms with Crippen LogP contribution < -0.4 is 5.32 Å². The predicted octanol–water partition coefficient (Wildman–Crippen LogP) is -0.104. The van der Waals surface area contributed by atoms with Crippen molar-refractivity contribution in [2.45, 2.75) is 31.5 Å². The minimum Gasteiger partial charge on any atom is -0.378 e. The molecule has 0 saturated carbocycles. The molecule has 2 aliphatic rings. The van der Waals surface area contributed by atoms with Crippen LogP contribution in [0.25, 0.3) is 0 Å². The summed E-state index contributed by atoms with van der Waals surface area (Å²) in [6.07, 6.45) is 2.22. The van der Waals surface area contributed by atoms with E-state index < -0.39 is 6.10 Å². The molecule has 106 valence electrons. The summed E-state index contributed by atoms with van der Waals surface area (Å²) in [7, 11) is 0. The quantitative estimate of drug-likeness (QED) is 0.769. The average Bonchev–Trinajstić information content (AvgIpc) is 2.48. The van der Waals surface area contributed by atoms with E-state index in [1.54, 1.807) is 4.90 Å². The molecule has 2 aliphatic heterocycles. The number of piperidine rings is 1. The van der Waals surface area contributed by atoms with Crippen LogP contribution in [0.1, 0.15) is 19.3 Å². The number of nitriles is 1. The fourth-order valence-corrected chi connectivity index (χ4v) is 2.39. The summed E-state index contributed by atoms with van der Waals surface area (Å²) in [6, 6.07) is 2.04. The molecule has 1 amide bonds. The molecule has 2 heterocycles. The molecule has 2 saturated heterocycles. The molecule has 0 spiro atoms. The zero-order chi connectivity index (χ0) is 13.5. The topological polar surface area (TPSA) is 74.6 Å². The van der Waals surface area contributed by atoms with Crippen LogP contribution >= 0.6 is 0 Å². The lowest BCUT2D eigenvalue weighted by Gasteiger charge is -2.30. The standard InChI is InChI=1S/C13H21N3O3/c14-9-12-10-16(6-8-19-12)13(17)3-7-18-11-1-4-15-5-2-11/h11-12,15H,1-8,10H2. The molecule has 6 heteroatoms. The van der Waals surface area contributed by atoms with Crippen LogP contribution in [-0.2, 0) is 14.3 Å². The molecule has 1 unspecified atom stereocenters. The summed E-state index contributed by atoms with van der Waals surface area (Å²) in [5.41, 5.74) is 0. The second kappa shape index (κ2) is 7.43. The van der Waals surface area contributed by atoms with E-state index in [0.29, 0.717) is 32.7 Å². The van der Waals surface area contributed by atoms with Gasteiger partial charge in [0.05, 0.1) is 38.4 Å². The Labute approximate surface area is 113 Å². The van der Waals surface area contributed by atoms with Gasteiger partial charge in [-0.1, -0.05) is 0 Å². The normalized spacial score (nSPS) is 25.0. The van der Waals surface area contributed by atoms with Crippen molar-refractivity contribution >= 4 is 5.91 Å². The molecular weight excluding hydrogens is 246 g/mol. The van der Waals surface area contributed by atoms with Gasteiger partial charge in [-0.15, -0.1) is 0 Å². The molecule has 0 aromatic rings. The maximum atomic E-state index is 12.0. The van der Waals surface area contributed by atoms with Gasteiger partial charge in [0.1, 0.15) is 0 Å². The average molecular weight is 267 g/mol. The Morgan fingerprint density at radius 3 is 3.00 bits per heavy atom. The van der Waals surface area contributed by atoms with Crippen molar-refractivity contribution in [3.63, 3.8) is 0 Å². The van der Waals surface area contributed by atoms with E-state index in [2.05, 4.69) is 5.32 Å². The van der Waals surface area contributed by atoms with Gasteiger partial charge in [0.2, 0.25) is 5.91 Å². The zero-order valence-electron chi connectivity index (χ0n) is 11.1. The summed E-state index contributed by atoms with van der Waals surface area (Å²) < 4.78 is 10.9. The highest BCUT2D eigenvalue weighted by atomic mass is 16.5. The van der Waals surface area contributed by atoms with Crippen molar-refractivity contribution in [1.29, 1.82) is 5.26 Å². The molecule has 0 aromatic heterocycles. The molecular formula is C13H21N3O3. The molecule has 0 aromatic carbocycles. The molecule has 2 rings (SSSR count). The summed E-state index contributed by atoms with van der Waals surface area (Å²) in [5.74, 6) is 0.0532. The molecule has 1 N–H and O–H groups in total. The van der Waals surface area contributed by atoms with E-state index in [0.717, 1.165) is 25.9 Å². The second-order valence-corrected chi connectivity index (χ2v) is 4.90. The Balaban J connectivity index is 1.64. The van der Waals surface area contributed by atoms with Crippen LogP contribution in [-0.4, -0.2) is 62.4 Å². The third-order valence-corrected chi connectivity index (χ3v) is 3.52. The highest BCUT2D eigenvalue weighted by Crippen LogP contribution is 2.09. The zero-order valence-corrected chi connectivity index (χ0v) is 11.1.